The molecule has 0 bridgehead atoms. The smallest absolute Gasteiger partial charge is 0.239 e. The van der Waals surface area contributed by atoms with Crippen molar-refractivity contribution >= 4 is 24.2 Å². The Bertz CT molecular complexity index is 463. The van der Waals surface area contributed by atoms with Crippen LogP contribution in [0.3, 0.4) is 0 Å². The van der Waals surface area contributed by atoms with Crippen LogP contribution in [0.5, 0.6) is 0 Å². The summed E-state index contributed by atoms with van der Waals surface area (Å²) >= 11 is 0. The molecule has 5 nitrogen and oxygen atoms in total. The molecule has 0 aliphatic rings. The summed E-state index contributed by atoms with van der Waals surface area (Å²) in [4.78, 5) is 22.8. The first-order valence-corrected chi connectivity index (χ1v) is 6.69. The zero-order chi connectivity index (χ0) is 15.2. The van der Waals surface area contributed by atoms with Crippen molar-refractivity contribution in [1.82, 2.24) is 10.6 Å². The molecule has 4 N–H and O–H groups in total. The summed E-state index contributed by atoms with van der Waals surface area (Å²) in [6.45, 7) is 5.94. The maximum atomic E-state index is 11.8. The minimum absolute atomic E-state index is 0. The van der Waals surface area contributed by atoms with E-state index in [2.05, 4.69) is 24.5 Å². The molecule has 6 heteroatoms. The van der Waals surface area contributed by atoms with E-state index in [1.807, 2.05) is 37.3 Å². The zero-order valence-electron chi connectivity index (χ0n) is 12.7. The highest BCUT2D eigenvalue weighted by atomic mass is 35.5. The van der Waals surface area contributed by atoms with E-state index in [0.29, 0.717) is 0 Å². The summed E-state index contributed by atoms with van der Waals surface area (Å²) in [5.41, 5.74) is 6.11. The van der Waals surface area contributed by atoms with Gasteiger partial charge in [-0.15, -0.1) is 12.4 Å². The highest BCUT2D eigenvalue weighted by Crippen LogP contribution is 2.26. The maximum Gasteiger partial charge on any atom is 0.239 e. The van der Waals surface area contributed by atoms with Crippen LogP contribution in [0, 0.1) is 0 Å². The molecule has 118 valence electrons. The molecule has 1 aromatic carbocycles. The summed E-state index contributed by atoms with van der Waals surface area (Å²) in [7, 11) is 0. The molecule has 0 fully saturated rings. The van der Waals surface area contributed by atoms with Crippen molar-refractivity contribution in [3.8, 4) is 0 Å². The van der Waals surface area contributed by atoms with E-state index in [1.54, 1.807) is 0 Å². The number of carbonyl (C=O) groups is 2. The van der Waals surface area contributed by atoms with E-state index in [0.717, 1.165) is 5.56 Å². The van der Waals surface area contributed by atoms with Gasteiger partial charge in [-0.05, 0) is 12.5 Å². The lowest BCUT2D eigenvalue weighted by Gasteiger charge is -2.33. The largest absolute Gasteiger partial charge is 0.351 e. The fraction of sp³-hybridized carbons (Fsp3) is 0.467. The molecule has 0 aliphatic carbocycles. The molecule has 1 rings (SSSR count). The van der Waals surface area contributed by atoms with Crippen molar-refractivity contribution in [2.75, 3.05) is 13.1 Å². The van der Waals surface area contributed by atoms with E-state index in [1.165, 1.54) is 0 Å². The van der Waals surface area contributed by atoms with Gasteiger partial charge in [-0.3, -0.25) is 9.59 Å². The van der Waals surface area contributed by atoms with Crippen LogP contribution in [0.2, 0.25) is 0 Å². The van der Waals surface area contributed by atoms with Crippen LogP contribution in [0.25, 0.3) is 0 Å². The standard InChI is InChI=1S/C15H23N3O2.ClH/c1-11(18-14(20)10-17-13(19)9-16)15(2,3)12-7-5-4-6-8-12;/h4-8,11H,9-10,16H2,1-3H3,(H,17,19)(H,18,20);1H. The first-order valence-electron chi connectivity index (χ1n) is 6.69. The van der Waals surface area contributed by atoms with E-state index < -0.39 is 0 Å². The number of benzene rings is 1. The van der Waals surface area contributed by atoms with Crippen LogP contribution in [-0.2, 0) is 15.0 Å². The van der Waals surface area contributed by atoms with Gasteiger partial charge >= 0.3 is 0 Å². The Kier molecular flexibility index (Phi) is 7.99. The number of halogens is 1. The summed E-state index contributed by atoms with van der Waals surface area (Å²) in [5, 5.41) is 5.36. The van der Waals surface area contributed by atoms with E-state index in [4.69, 9.17) is 5.73 Å². The van der Waals surface area contributed by atoms with Crippen LogP contribution in [0.1, 0.15) is 26.3 Å². The van der Waals surface area contributed by atoms with Crippen molar-refractivity contribution in [3.05, 3.63) is 35.9 Å². The molecule has 0 saturated carbocycles. The summed E-state index contributed by atoms with van der Waals surface area (Å²) in [6.07, 6.45) is 0. The van der Waals surface area contributed by atoms with Gasteiger partial charge in [-0.25, -0.2) is 0 Å². The molecular weight excluding hydrogens is 290 g/mol. The summed E-state index contributed by atoms with van der Waals surface area (Å²) < 4.78 is 0. The predicted octanol–water partition coefficient (Wildman–Crippen LogP) is 0.966. The molecule has 21 heavy (non-hydrogen) atoms. The molecule has 0 spiro atoms. The van der Waals surface area contributed by atoms with Crippen LogP contribution in [0.15, 0.2) is 30.3 Å². The Morgan fingerprint density at radius 2 is 1.76 bits per heavy atom. The molecule has 0 radical (unpaired) electrons. The number of hydrogen-bond acceptors (Lipinski definition) is 3. The number of rotatable bonds is 6. The predicted molar refractivity (Wildman–Crippen MR) is 86.4 cm³/mol. The molecule has 0 saturated heterocycles. The molecule has 0 heterocycles. The number of amides is 2. The topological polar surface area (TPSA) is 84.2 Å². The third-order valence-electron chi connectivity index (χ3n) is 3.61. The lowest BCUT2D eigenvalue weighted by Crippen LogP contribution is -2.49. The van der Waals surface area contributed by atoms with Crippen molar-refractivity contribution in [2.45, 2.75) is 32.2 Å². The normalized spacial score (nSPS) is 12.0. The maximum absolute atomic E-state index is 11.8. The van der Waals surface area contributed by atoms with Crippen molar-refractivity contribution in [1.29, 1.82) is 0 Å². The van der Waals surface area contributed by atoms with Gasteiger partial charge in [0.2, 0.25) is 11.8 Å². The molecule has 2 amide bonds. The lowest BCUT2D eigenvalue weighted by atomic mass is 9.78. The van der Waals surface area contributed by atoms with Gasteiger partial charge in [0.1, 0.15) is 0 Å². The molecule has 1 aromatic rings. The van der Waals surface area contributed by atoms with Crippen LogP contribution >= 0.6 is 12.4 Å². The fourth-order valence-corrected chi connectivity index (χ4v) is 1.84. The number of nitrogens with one attached hydrogen (secondary N) is 2. The second-order valence-electron chi connectivity index (χ2n) is 5.36. The molecule has 1 atom stereocenters. The Morgan fingerprint density at radius 3 is 2.29 bits per heavy atom. The highest BCUT2D eigenvalue weighted by molar-refractivity contribution is 5.85. The Labute approximate surface area is 132 Å². The minimum Gasteiger partial charge on any atom is -0.351 e. The van der Waals surface area contributed by atoms with E-state index >= 15 is 0 Å². The second-order valence-corrected chi connectivity index (χ2v) is 5.36. The Balaban J connectivity index is 0.00000400. The number of nitrogens with two attached hydrogens (primary N) is 1. The van der Waals surface area contributed by atoms with Crippen LogP contribution < -0.4 is 16.4 Å². The van der Waals surface area contributed by atoms with Gasteiger partial charge in [-0.2, -0.15) is 0 Å². The van der Waals surface area contributed by atoms with Crippen molar-refractivity contribution in [3.63, 3.8) is 0 Å². The average molecular weight is 314 g/mol. The van der Waals surface area contributed by atoms with E-state index in [-0.39, 0.29) is 48.8 Å². The van der Waals surface area contributed by atoms with Gasteiger partial charge in [0, 0.05) is 11.5 Å². The minimum atomic E-state index is -0.338. The number of hydrogen-bond donors (Lipinski definition) is 3. The van der Waals surface area contributed by atoms with Gasteiger partial charge in [0.05, 0.1) is 13.1 Å². The quantitative estimate of drug-likeness (QED) is 0.731. The molecule has 0 aliphatic heterocycles. The Morgan fingerprint density at radius 1 is 1.19 bits per heavy atom. The molecule has 0 aromatic heterocycles. The first kappa shape index (κ1) is 19.4. The monoisotopic (exact) mass is 313 g/mol. The summed E-state index contributed by atoms with van der Waals surface area (Å²) in [5.74, 6) is -0.557. The van der Waals surface area contributed by atoms with Crippen molar-refractivity contribution < 1.29 is 9.59 Å². The summed E-state index contributed by atoms with van der Waals surface area (Å²) in [6, 6.07) is 9.94. The SMILES string of the molecule is CC(NC(=O)CNC(=O)CN)C(C)(C)c1ccccc1.Cl. The van der Waals surface area contributed by atoms with Gasteiger partial charge in [0.15, 0.2) is 0 Å². The fourth-order valence-electron chi connectivity index (χ4n) is 1.84. The average Bonchev–Trinajstić information content (AvgIpc) is 2.45. The highest BCUT2D eigenvalue weighted by Gasteiger charge is 2.28. The van der Waals surface area contributed by atoms with Gasteiger partial charge < -0.3 is 16.4 Å². The first-order chi connectivity index (χ1) is 9.37. The Hall–Kier alpha value is -1.59. The number of carbonyl (C=O) groups excluding carboxylic acids is 2. The lowest BCUT2D eigenvalue weighted by molar-refractivity contribution is -0.125. The van der Waals surface area contributed by atoms with E-state index in [9.17, 15) is 9.59 Å². The van der Waals surface area contributed by atoms with Crippen molar-refractivity contribution in [2.24, 2.45) is 5.73 Å². The third kappa shape index (κ3) is 5.73. The third-order valence-corrected chi connectivity index (χ3v) is 3.61. The van der Waals surface area contributed by atoms with Gasteiger partial charge in [0.25, 0.3) is 0 Å². The van der Waals surface area contributed by atoms with Gasteiger partial charge in [-0.1, -0.05) is 44.2 Å². The van der Waals surface area contributed by atoms with Crippen LogP contribution in [0.4, 0.5) is 0 Å². The molecular formula is C15H24ClN3O2. The zero-order valence-corrected chi connectivity index (χ0v) is 13.5. The molecule has 1 unspecified atom stereocenters. The second kappa shape index (κ2) is 8.64. The van der Waals surface area contributed by atoms with Crippen LogP contribution in [-0.4, -0.2) is 30.9 Å².